The smallest absolute Gasteiger partial charge is 0.236 e. The fourth-order valence-corrected chi connectivity index (χ4v) is 5.26. The molecule has 0 radical (unpaired) electrons. The zero-order valence-electron chi connectivity index (χ0n) is 19.2. The number of rotatable bonds is 4. The molecule has 2 aromatic carbocycles. The Morgan fingerprint density at radius 2 is 1.80 bits per heavy atom. The van der Waals surface area contributed by atoms with Crippen molar-refractivity contribution in [3.63, 3.8) is 0 Å². The summed E-state index contributed by atoms with van der Waals surface area (Å²) in [5.74, 6) is 8.38. The maximum atomic E-state index is 11.6. The minimum Gasteiger partial charge on any atom is -0.369 e. The molecule has 1 saturated carbocycles. The summed E-state index contributed by atoms with van der Waals surface area (Å²) in [6.45, 7) is 0. The van der Waals surface area contributed by atoms with Gasteiger partial charge in [0.1, 0.15) is 11.9 Å². The monoisotopic (exact) mass is 464 g/mol. The molecule has 8 nitrogen and oxygen atoms in total. The van der Waals surface area contributed by atoms with Crippen LogP contribution in [0.25, 0.3) is 28.0 Å². The first-order chi connectivity index (χ1) is 17.0. The van der Waals surface area contributed by atoms with Crippen molar-refractivity contribution in [1.82, 2.24) is 9.97 Å². The number of benzene rings is 2. The van der Waals surface area contributed by atoms with Crippen LogP contribution in [-0.4, -0.2) is 32.5 Å². The van der Waals surface area contributed by atoms with E-state index in [-0.39, 0.29) is 22.3 Å². The van der Waals surface area contributed by atoms with Gasteiger partial charge in [-0.15, -0.1) is 4.59 Å². The van der Waals surface area contributed by atoms with Crippen molar-refractivity contribution in [3.8, 4) is 11.4 Å². The molecule has 3 heterocycles. The molecule has 6 rings (SSSR count). The van der Waals surface area contributed by atoms with Crippen LogP contribution in [0.1, 0.15) is 31.2 Å². The summed E-state index contributed by atoms with van der Waals surface area (Å²) >= 11 is 0. The van der Waals surface area contributed by atoms with Crippen molar-refractivity contribution in [2.75, 3.05) is 0 Å². The van der Waals surface area contributed by atoms with Gasteiger partial charge in [-0.25, -0.2) is 9.97 Å². The molecule has 3 aromatic rings. The quantitative estimate of drug-likeness (QED) is 0.449. The molecule has 174 valence electrons. The Kier molecular flexibility index (Phi) is 5.12. The van der Waals surface area contributed by atoms with Gasteiger partial charge in [-0.05, 0) is 31.7 Å². The second-order valence-corrected chi connectivity index (χ2v) is 9.34. The third kappa shape index (κ3) is 3.67. The van der Waals surface area contributed by atoms with Gasteiger partial charge in [-0.3, -0.25) is 9.79 Å². The van der Waals surface area contributed by atoms with E-state index in [4.69, 9.17) is 21.6 Å². The molecule has 0 spiro atoms. The first kappa shape index (κ1) is 21.5. The van der Waals surface area contributed by atoms with E-state index >= 15 is 0 Å². The van der Waals surface area contributed by atoms with E-state index < -0.39 is 0 Å². The van der Waals surface area contributed by atoms with Gasteiger partial charge in [-0.2, -0.15) is 10.8 Å². The minimum absolute atomic E-state index is 0.0157. The average Bonchev–Trinajstić information content (AvgIpc) is 3.21. The predicted molar refractivity (Wildman–Crippen MR) is 136 cm³/mol. The van der Waals surface area contributed by atoms with E-state index in [0.717, 1.165) is 64.9 Å². The fraction of sp³-hybridized carbons (Fsp3) is 0.222. The van der Waals surface area contributed by atoms with Crippen LogP contribution in [0.15, 0.2) is 82.8 Å². The van der Waals surface area contributed by atoms with Crippen LogP contribution in [0.3, 0.4) is 0 Å². The molecule has 1 fully saturated rings. The zero-order chi connectivity index (χ0) is 24.0. The molecule has 1 unspecified atom stereocenters. The lowest BCUT2D eigenvalue weighted by Crippen LogP contribution is -2.55. The Morgan fingerprint density at radius 1 is 1.00 bits per heavy atom. The number of carbonyl (C=O) groups excluding carboxylic acids is 1. The molecule has 1 amide bonds. The van der Waals surface area contributed by atoms with Crippen LogP contribution < -0.4 is 11.6 Å². The standard InChI is InChI=1S/C27H25N7O/c28-25(35)17-6-8-19(9-7-17)27-33-24(23-16-30-12-13-34(23,27)29)20-10-11-21-15-31-26(32-22(21)14-20)18-4-2-1-3-5-18/h1-5,10-17,19H,6-9,29H2,(H-,28,35)/p+1. The lowest BCUT2D eigenvalue weighted by Gasteiger charge is -2.33. The van der Waals surface area contributed by atoms with Crippen LogP contribution in [-0.2, 0) is 4.79 Å². The van der Waals surface area contributed by atoms with Crippen LogP contribution in [0.5, 0.6) is 0 Å². The number of primary amides is 1. The first-order valence-corrected chi connectivity index (χ1v) is 11.9. The van der Waals surface area contributed by atoms with Crippen molar-refractivity contribution in [2.24, 2.45) is 33.4 Å². The number of aliphatic imine (C=N–C) groups is 2. The van der Waals surface area contributed by atoms with Crippen molar-refractivity contribution in [3.05, 3.63) is 78.4 Å². The molecule has 4 N–H and O–H groups in total. The summed E-state index contributed by atoms with van der Waals surface area (Å²) in [5.41, 5.74) is 9.92. The third-order valence-corrected chi connectivity index (χ3v) is 7.21. The van der Waals surface area contributed by atoms with E-state index in [0.29, 0.717) is 5.82 Å². The zero-order valence-corrected chi connectivity index (χ0v) is 19.2. The summed E-state index contributed by atoms with van der Waals surface area (Å²) in [6, 6.07) is 16.0. The van der Waals surface area contributed by atoms with Crippen LogP contribution >= 0.6 is 0 Å². The van der Waals surface area contributed by atoms with Gasteiger partial charge in [0.15, 0.2) is 5.82 Å². The van der Waals surface area contributed by atoms with Gasteiger partial charge in [0.25, 0.3) is 0 Å². The van der Waals surface area contributed by atoms with E-state index in [2.05, 4.69) is 9.98 Å². The maximum Gasteiger partial charge on any atom is 0.236 e. The van der Waals surface area contributed by atoms with Crippen LogP contribution in [0.2, 0.25) is 0 Å². The van der Waals surface area contributed by atoms with Crippen molar-refractivity contribution in [1.29, 1.82) is 0 Å². The van der Waals surface area contributed by atoms with Gasteiger partial charge in [0.2, 0.25) is 17.4 Å². The average molecular weight is 465 g/mol. The number of hydrogen-bond acceptors (Lipinski definition) is 6. The largest absolute Gasteiger partial charge is 0.369 e. The SMILES string of the molecule is NC(=O)C1CCC(C2=NC(c3ccc4cnc(-c5ccccc5)nc4c3)=C3C=NC=C[N+]23N)CC1. The lowest BCUT2D eigenvalue weighted by atomic mass is 9.80. The molecule has 3 aliphatic rings. The highest BCUT2D eigenvalue weighted by atomic mass is 16.1. The summed E-state index contributed by atoms with van der Waals surface area (Å²) in [4.78, 5) is 30.5. The third-order valence-electron chi connectivity index (χ3n) is 7.21. The molecule has 1 aromatic heterocycles. The fourth-order valence-electron chi connectivity index (χ4n) is 5.26. The number of aromatic nitrogens is 2. The summed E-state index contributed by atoms with van der Waals surface area (Å²) in [6.07, 6.45) is 10.4. The van der Waals surface area contributed by atoms with Crippen molar-refractivity contribution < 1.29 is 9.39 Å². The van der Waals surface area contributed by atoms with Gasteiger partial charge >= 0.3 is 0 Å². The number of amidine groups is 1. The van der Waals surface area contributed by atoms with E-state index in [1.807, 2.05) is 60.9 Å². The maximum absolute atomic E-state index is 11.6. The number of carbonyl (C=O) groups is 1. The lowest BCUT2D eigenvalue weighted by molar-refractivity contribution is -0.754. The molecular formula is C27H26N7O+. The molecule has 8 heteroatoms. The Balaban J connectivity index is 1.40. The number of hydrogen-bond donors (Lipinski definition) is 2. The van der Waals surface area contributed by atoms with Gasteiger partial charge in [0, 0.05) is 28.6 Å². The Labute approximate surface area is 203 Å². The highest BCUT2D eigenvalue weighted by Gasteiger charge is 2.47. The van der Waals surface area contributed by atoms with Crippen molar-refractivity contribution in [2.45, 2.75) is 25.7 Å². The number of fused-ring (bicyclic) bond motifs is 2. The summed E-state index contributed by atoms with van der Waals surface area (Å²) in [5, 5.41) is 0.955. The normalized spacial score (nSPS) is 25.6. The first-order valence-electron chi connectivity index (χ1n) is 11.9. The molecular weight excluding hydrogens is 438 g/mol. The van der Waals surface area contributed by atoms with Gasteiger partial charge in [0.05, 0.1) is 23.8 Å². The summed E-state index contributed by atoms with van der Waals surface area (Å²) in [7, 11) is 0. The molecule has 1 aliphatic carbocycles. The number of allylic oxidation sites excluding steroid dienone is 1. The molecule has 35 heavy (non-hydrogen) atoms. The Morgan fingerprint density at radius 3 is 2.57 bits per heavy atom. The summed E-state index contributed by atoms with van der Waals surface area (Å²) < 4.78 is 0.0157. The van der Waals surface area contributed by atoms with Gasteiger partial charge < -0.3 is 5.73 Å². The molecule has 2 aliphatic heterocycles. The molecule has 1 atom stereocenters. The number of nitrogens with two attached hydrogens (primary N) is 2. The number of quaternary nitrogens is 1. The van der Waals surface area contributed by atoms with E-state index in [1.165, 1.54) is 0 Å². The van der Waals surface area contributed by atoms with Crippen LogP contribution in [0, 0.1) is 11.8 Å². The van der Waals surface area contributed by atoms with Crippen LogP contribution in [0.4, 0.5) is 0 Å². The number of nitrogens with zero attached hydrogens (tertiary/aromatic N) is 5. The second kappa shape index (κ2) is 8.33. The highest BCUT2D eigenvalue weighted by Crippen LogP contribution is 2.41. The molecule has 0 bridgehead atoms. The Hall–Kier alpha value is -4.01. The predicted octanol–water partition coefficient (Wildman–Crippen LogP) is 3.92. The highest BCUT2D eigenvalue weighted by molar-refractivity contribution is 6.01. The van der Waals surface area contributed by atoms with Gasteiger partial charge in [-0.1, -0.05) is 42.5 Å². The van der Waals surface area contributed by atoms with Crippen molar-refractivity contribution >= 4 is 34.6 Å². The number of amides is 1. The topological polar surface area (TPSA) is 120 Å². The Bertz CT molecular complexity index is 1450. The minimum atomic E-state index is -0.217. The van der Waals surface area contributed by atoms with E-state index in [1.54, 1.807) is 12.4 Å². The molecule has 0 saturated heterocycles. The second-order valence-electron chi connectivity index (χ2n) is 9.34. The van der Waals surface area contributed by atoms with E-state index in [9.17, 15) is 4.79 Å².